The van der Waals surface area contributed by atoms with Gasteiger partial charge in [-0.3, -0.25) is 0 Å². The van der Waals surface area contributed by atoms with Crippen molar-refractivity contribution in [1.82, 2.24) is 5.32 Å². The molecule has 1 aromatic rings. The van der Waals surface area contributed by atoms with Gasteiger partial charge in [-0.2, -0.15) is 0 Å². The zero-order valence-electron chi connectivity index (χ0n) is 14.0. The highest BCUT2D eigenvalue weighted by atomic mass is 19.1. The lowest BCUT2D eigenvalue weighted by molar-refractivity contribution is 0.544. The van der Waals surface area contributed by atoms with E-state index in [1.807, 2.05) is 6.07 Å². The molecule has 0 spiro atoms. The maximum absolute atomic E-state index is 14.4. The monoisotopic (exact) mass is 290 g/mol. The molecule has 2 nitrogen and oxygen atoms in total. The van der Waals surface area contributed by atoms with Gasteiger partial charge in [-0.25, -0.2) is 4.39 Å². The molecule has 1 N–H and O–H groups in total. The van der Waals surface area contributed by atoms with Crippen LogP contribution in [0.5, 0.6) is 0 Å². The van der Waals surface area contributed by atoms with Gasteiger partial charge in [0.1, 0.15) is 5.82 Å². The number of likely N-dealkylation sites (N-methyl/N-ethyl adjacent to an activating group) is 1. The van der Waals surface area contributed by atoms with Gasteiger partial charge in [0.05, 0.1) is 5.54 Å². The van der Waals surface area contributed by atoms with Crippen LogP contribution >= 0.6 is 0 Å². The number of nitrogens with one attached hydrogen (secondary N) is 1. The summed E-state index contributed by atoms with van der Waals surface area (Å²) in [5.41, 5.74) is 4.05. The standard InChI is InChI=1S/C18H27FN2/c1-7-21-17-9-16(19)14(11-20-12(2)3)8-15(17)13(4)10-18(21,5)6/h8-10,12,20H,7,11H2,1-6H3. The number of fused-ring (bicyclic) bond motifs is 1. The fourth-order valence-electron chi connectivity index (χ4n) is 3.17. The van der Waals surface area contributed by atoms with Crippen LogP contribution in [-0.4, -0.2) is 18.1 Å². The molecule has 3 heteroatoms. The van der Waals surface area contributed by atoms with Gasteiger partial charge < -0.3 is 10.2 Å². The van der Waals surface area contributed by atoms with E-state index in [-0.39, 0.29) is 11.4 Å². The van der Waals surface area contributed by atoms with Gasteiger partial charge in [0, 0.05) is 35.9 Å². The van der Waals surface area contributed by atoms with E-state index in [1.165, 1.54) is 5.57 Å². The molecule has 21 heavy (non-hydrogen) atoms. The van der Waals surface area contributed by atoms with Crippen LogP contribution in [0.1, 0.15) is 52.7 Å². The average Bonchev–Trinajstić information content (AvgIpc) is 2.36. The van der Waals surface area contributed by atoms with Crippen molar-refractivity contribution in [3.8, 4) is 0 Å². The maximum Gasteiger partial charge on any atom is 0.129 e. The molecule has 0 aliphatic carbocycles. The van der Waals surface area contributed by atoms with Crippen LogP contribution in [0.3, 0.4) is 0 Å². The van der Waals surface area contributed by atoms with Crippen molar-refractivity contribution in [2.75, 3.05) is 11.4 Å². The summed E-state index contributed by atoms with van der Waals surface area (Å²) < 4.78 is 14.4. The third-order valence-electron chi connectivity index (χ3n) is 4.16. The summed E-state index contributed by atoms with van der Waals surface area (Å²) in [5.74, 6) is -0.120. The molecule has 1 aliphatic heterocycles. The topological polar surface area (TPSA) is 15.3 Å². The molecule has 1 aliphatic rings. The van der Waals surface area contributed by atoms with Crippen molar-refractivity contribution < 1.29 is 4.39 Å². The quantitative estimate of drug-likeness (QED) is 0.887. The van der Waals surface area contributed by atoms with Crippen molar-refractivity contribution in [3.63, 3.8) is 0 Å². The van der Waals surface area contributed by atoms with Crippen molar-refractivity contribution in [1.29, 1.82) is 0 Å². The zero-order valence-corrected chi connectivity index (χ0v) is 14.0. The van der Waals surface area contributed by atoms with E-state index in [4.69, 9.17) is 0 Å². The normalized spacial score (nSPS) is 17.0. The third kappa shape index (κ3) is 3.13. The Hall–Kier alpha value is -1.35. The number of rotatable bonds is 4. The van der Waals surface area contributed by atoms with E-state index in [0.29, 0.717) is 12.6 Å². The van der Waals surface area contributed by atoms with Crippen LogP contribution in [-0.2, 0) is 6.54 Å². The van der Waals surface area contributed by atoms with E-state index in [0.717, 1.165) is 23.4 Å². The summed E-state index contributed by atoms with van der Waals surface area (Å²) in [6.45, 7) is 14.2. The second-order valence-corrected chi connectivity index (χ2v) is 6.72. The summed E-state index contributed by atoms with van der Waals surface area (Å²) in [5, 5.41) is 3.29. The van der Waals surface area contributed by atoms with E-state index < -0.39 is 0 Å². The molecule has 0 unspecified atom stereocenters. The molecule has 0 amide bonds. The molecule has 0 bridgehead atoms. The Morgan fingerprint density at radius 1 is 1.29 bits per heavy atom. The molecular formula is C18H27FN2. The molecule has 0 radical (unpaired) electrons. The minimum Gasteiger partial charge on any atom is -0.363 e. The SMILES string of the molecule is CCN1c2cc(F)c(CNC(C)C)cc2C(C)=CC1(C)C. The molecule has 0 fully saturated rings. The summed E-state index contributed by atoms with van der Waals surface area (Å²) in [6.07, 6.45) is 2.27. The molecule has 2 rings (SSSR count). The Labute approximate surface area is 128 Å². The number of hydrogen-bond donors (Lipinski definition) is 1. The average molecular weight is 290 g/mol. The molecule has 0 saturated carbocycles. The fraction of sp³-hybridized carbons (Fsp3) is 0.556. The van der Waals surface area contributed by atoms with Crippen LogP contribution in [0.25, 0.3) is 5.57 Å². The Morgan fingerprint density at radius 2 is 1.95 bits per heavy atom. The van der Waals surface area contributed by atoms with Gasteiger partial charge in [-0.1, -0.05) is 19.9 Å². The highest BCUT2D eigenvalue weighted by Crippen LogP contribution is 2.39. The van der Waals surface area contributed by atoms with Crippen molar-refractivity contribution in [2.45, 2.75) is 59.7 Å². The van der Waals surface area contributed by atoms with E-state index in [1.54, 1.807) is 6.07 Å². The predicted molar refractivity (Wildman–Crippen MR) is 89.1 cm³/mol. The maximum atomic E-state index is 14.4. The number of hydrogen-bond acceptors (Lipinski definition) is 2. The highest BCUT2D eigenvalue weighted by Gasteiger charge is 2.30. The molecule has 1 heterocycles. The van der Waals surface area contributed by atoms with Crippen LogP contribution in [0.4, 0.5) is 10.1 Å². The van der Waals surface area contributed by atoms with Gasteiger partial charge in [0.25, 0.3) is 0 Å². The first-order valence-electron chi connectivity index (χ1n) is 7.79. The lowest BCUT2D eigenvalue weighted by Gasteiger charge is -2.43. The Balaban J connectivity index is 2.47. The number of allylic oxidation sites excluding steroid dienone is 1. The van der Waals surface area contributed by atoms with Gasteiger partial charge >= 0.3 is 0 Å². The third-order valence-corrected chi connectivity index (χ3v) is 4.16. The van der Waals surface area contributed by atoms with E-state index in [9.17, 15) is 4.39 Å². The first-order chi connectivity index (χ1) is 9.76. The number of anilines is 1. The van der Waals surface area contributed by atoms with Crippen molar-refractivity contribution >= 4 is 11.3 Å². The lowest BCUT2D eigenvalue weighted by atomic mass is 9.88. The lowest BCUT2D eigenvalue weighted by Crippen LogP contribution is -2.45. The first kappa shape index (κ1) is 16.0. The second-order valence-electron chi connectivity index (χ2n) is 6.72. The molecule has 116 valence electrons. The fourth-order valence-corrected chi connectivity index (χ4v) is 3.17. The largest absolute Gasteiger partial charge is 0.363 e. The van der Waals surface area contributed by atoms with Crippen LogP contribution in [0, 0.1) is 5.82 Å². The van der Waals surface area contributed by atoms with Gasteiger partial charge in [0.2, 0.25) is 0 Å². The molecular weight excluding hydrogens is 263 g/mol. The summed E-state index contributed by atoms with van der Waals surface area (Å²) in [6, 6.07) is 4.06. The first-order valence-corrected chi connectivity index (χ1v) is 7.79. The molecule has 1 aromatic carbocycles. The van der Waals surface area contributed by atoms with Crippen LogP contribution in [0.15, 0.2) is 18.2 Å². The van der Waals surface area contributed by atoms with Crippen LogP contribution in [0.2, 0.25) is 0 Å². The molecule has 0 saturated heterocycles. The Bertz CT molecular complexity index is 559. The minimum absolute atomic E-state index is 0.0734. The zero-order chi connectivity index (χ0) is 15.8. The summed E-state index contributed by atoms with van der Waals surface area (Å²) in [7, 11) is 0. The number of halogens is 1. The van der Waals surface area contributed by atoms with E-state index in [2.05, 4.69) is 57.8 Å². The van der Waals surface area contributed by atoms with Crippen LogP contribution < -0.4 is 10.2 Å². The summed E-state index contributed by atoms with van der Waals surface area (Å²) in [4.78, 5) is 2.26. The second kappa shape index (κ2) is 5.80. The number of nitrogens with zero attached hydrogens (tertiary/aromatic N) is 1. The minimum atomic E-state index is -0.120. The Kier molecular flexibility index (Phi) is 4.43. The Morgan fingerprint density at radius 3 is 2.52 bits per heavy atom. The highest BCUT2D eigenvalue weighted by molar-refractivity contribution is 5.81. The number of benzene rings is 1. The van der Waals surface area contributed by atoms with Crippen molar-refractivity contribution in [2.24, 2.45) is 0 Å². The smallest absolute Gasteiger partial charge is 0.129 e. The van der Waals surface area contributed by atoms with E-state index >= 15 is 0 Å². The predicted octanol–water partition coefficient (Wildman–Crippen LogP) is 4.35. The van der Waals surface area contributed by atoms with Gasteiger partial charge in [0.15, 0.2) is 0 Å². The van der Waals surface area contributed by atoms with Gasteiger partial charge in [-0.05, 0) is 45.4 Å². The summed E-state index contributed by atoms with van der Waals surface area (Å²) >= 11 is 0. The molecule has 0 aromatic heterocycles. The van der Waals surface area contributed by atoms with Gasteiger partial charge in [-0.15, -0.1) is 0 Å². The van der Waals surface area contributed by atoms with Crippen molar-refractivity contribution in [3.05, 3.63) is 35.2 Å². The molecule has 0 atom stereocenters.